The van der Waals surface area contributed by atoms with Crippen LogP contribution < -0.4 is 16.0 Å². The van der Waals surface area contributed by atoms with Crippen molar-refractivity contribution in [1.82, 2.24) is 5.32 Å². The quantitative estimate of drug-likeness (QED) is 0.604. The van der Waals surface area contributed by atoms with Gasteiger partial charge in [-0.25, -0.2) is 0 Å². The highest BCUT2D eigenvalue weighted by atomic mass is 32.1. The number of hydrogen-bond donors (Lipinski definition) is 3. The summed E-state index contributed by atoms with van der Waals surface area (Å²) < 4.78 is 0. The number of nitrogens with two attached hydrogens (primary N) is 1. The summed E-state index contributed by atoms with van der Waals surface area (Å²) in [5.41, 5.74) is 5.50. The van der Waals surface area contributed by atoms with E-state index in [1.165, 1.54) is 19.6 Å². The van der Waals surface area contributed by atoms with Crippen molar-refractivity contribution in [3.8, 4) is 0 Å². The first kappa shape index (κ1) is 15.9. The summed E-state index contributed by atoms with van der Waals surface area (Å²) in [6, 6.07) is 0. The lowest BCUT2D eigenvalue weighted by molar-refractivity contribution is -0.894. The maximum absolute atomic E-state index is 10.6. The van der Waals surface area contributed by atoms with Gasteiger partial charge in [-0.2, -0.15) is 0 Å². The number of carbonyl (C=O) groups excluding carboxylic acids is 1. The van der Waals surface area contributed by atoms with Crippen LogP contribution in [0.1, 0.15) is 27.2 Å². The van der Waals surface area contributed by atoms with Gasteiger partial charge in [0, 0.05) is 5.57 Å². The Labute approximate surface area is 109 Å². The Balaban J connectivity index is 0.000000325. The number of allylic oxidation sites excluding steroid dienone is 1. The van der Waals surface area contributed by atoms with Gasteiger partial charge in [0.2, 0.25) is 5.91 Å². The summed E-state index contributed by atoms with van der Waals surface area (Å²) in [6.07, 6.45) is 4.05. The van der Waals surface area contributed by atoms with Crippen LogP contribution >= 0.6 is 0 Å². The number of primary amides is 1. The third-order valence-corrected chi connectivity index (χ3v) is 3.09. The van der Waals surface area contributed by atoms with E-state index < -0.39 is 5.91 Å². The van der Waals surface area contributed by atoms with Crippen molar-refractivity contribution >= 4 is 18.5 Å². The molecule has 1 amide bonds. The SMILES string of the molecule is CC[NH+](CC)CC.NC(=O)C1=C([S-])NC=CC1. The smallest absolute Gasteiger partial charge is 0.244 e. The van der Waals surface area contributed by atoms with E-state index in [0.29, 0.717) is 17.0 Å². The number of nitrogens with one attached hydrogen (secondary N) is 2. The normalized spacial score (nSPS) is 14.1. The molecule has 98 valence electrons. The minimum absolute atomic E-state index is 0.440. The van der Waals surface area contributed by atoms with Crippen molar-refractivity contribution in [2.45, 2.75) is 27.2 Å². The molecular formula is C12H23N3OS. The van der Waals surface area contributed by atoms with Crippen LogP contribution in [0.4, 0.5) is 0 Å². The van der Waals surface area contributed by atoms with Crippen LogP contribution in [0.5, 0.6) is 0 Å². The molecule has 17 heavy (non-hydrogen) atoms. The number of dihydropyridines is 1. The standard InChI is InChI=1S/C6H8N2OS.C6H15N/c7-5(9)4-2-1-3-8-6(4)10;1-4-7(5-2)6-3/h1,3,8,10H,2H2,(H2,7,9);4-6H2,1-3H3. The zero-order valence-electron chi connectivity index (χ0n) is 10.9. The average Bonchev–Trinajstić information content (AvgIpc) is 2.32. The molecule has 0 aliphatic carbocycles. The molecule has 5 heteroatoms. The lowest BCUT2D eigenvalue weighted by atomic mass is 10.1. The van der Waals surface area contributed by atoms with Gasteiger partial charge >= 0.3 is 0 Å². The fourth-order valence-electron chi connectivity index (χ4n) is 1.45. The Kier molecular flexibility index (Phi) is 8.44. The lowest BCUT2D eigenvalue weighted by Gasteiger charge is -2.20. The molecule has 1 aliphatic rings. The molecule has 0 aromatic carbocycles. The molecule has 0 atom stereocenters. The Hall–Kier alpha value is -1.07. The van der Waals surface area contributed by atoms with Gasteiger partial charge in [0.05, 0.1) is 19.6 Å². The monoisotopic (exact) mass is 257 g/mol. The summed E-state index contributed by atoms with van der Waals surface area (Å²) in [5, 5.41) is 3.17. The van der Waals surface area contributed by atoms with Crippen LogP contribution in [0, 0.1) is 0 Å². The minimum Gasteiger partial charge on any atom is -0.762 e. The van der Waals surface area contributed by atoms with Crippen LogP contribution in [0.15, 0.2) is 22.9 Å². The Bertz CT molecular complexity index is 291. The maximum Gasteiger partial charge on any atom is 0.244 e. The molecule has 0 radical (unpaired) electrons. The van der Waals surface area contributed by atoms with Gasteiger partial charge in [-0.3, -0.25) is 4.79 Å². The van der Waals surface area contributed by atoms with Crippen molar-refractivity contribution in [2.75, 3.05) is 19.6 Å². The van der Waals surface area contributed by atoms with Crippen LogP contribution in [0.2, 0.25) is 0 Å². The summed E-state index contributed by atoms with van der Waals surface area (Å²) in [7, 11) is 0. The summed E-state index contributed by atoms with van der Waals surface area (Å²) in [4.78, 5) is 12.3. The van der Waals surface area contributed by atoms with E-state index >= 15 is 0 Å². The fraction of sp³-hybridized carbons (Fsp3) is 0.583. The highest BCUT2D eigenvalue weighted by Gasteiger charge is 2.04. The molecule has 1 heterocycles. The molecule has 0 saturated carbocycles. The zero-order valence-corrected chi connectivity index (χ0v) is 11.7. The average molecular weight is 257 g/mol. The van der Waals surface area contributed by atoms with Gasteiger partial charge in [0.1, 0.15) is 0 Å². The highest BCUT2D eigenvalue weighted by Crippen LogP contribution is 2.09. The Morgan fingerprint density at radius 3 is 2.18 bits per heavy atom. The Morgan fingerprint density at radius 1 is 1.41 bits per heavy atom. The first-order chi connectivity index (χ1) is 8.06. The van der Waals surface area contributed by atoms with E-state index in [0.717, 1.165) is 0 Å². The first-order valence-corrected chi connectivity index (χ1v) is 6.42. The van der Waals surface area contributed by atoms with Gasteiger partial charge in [-0.1, -0.05) is 6.08 Å². The van der Waals surface area contributed by atoms with E-state index in [-0.39, 0.29) is 0 Å². The Morgan fingerprint density at radius 2 is 1.94 bits per heavy atom. The molecule has 0 saturated heterocycles. The summed E-state index contributed by atoms with van der Waals surface area (Å²) in [5.74, 6) is -0.443. The first-order valence-electron chi connectivity index (χ1n) is 6.01. The van der Waals surface area contributed by atoms with Crippen LogP contribution in [0.25, 0.3) is 0 Å². The number of quaternary nitrogens is 1. The molecule has 0 spiro atoms. The summed E-state index contributed by atoms with van der Waals surface area (Å²) in [6.45, 7) is 10.5. The molecule has 4 nitrogen and oxygen atoms in total. The molecule has 0 bridgehead atoms. The molecule has 0 fully saturated rings. The van der Waals surface area contributed by atoms with Crippen LogP contribution in [-0.4, -0.2) is 25.5 Å². The number of carbonyl (C=O) groups is 1. The van der Waals surface area contributed by atoms with E-state index in [9.17, 15) is 4.79 Å². The van der Waals surface area contributed by atoms with Crippen molar-refractivity contribution in [1.29, 1.82) is 0 Å². The van der Waals surface area contributed by atoms with Crippen molar-refractivity contribution in [3.63, 3.8) is 0 Å². The number of amides is 1. The van der Waals surface area contributed by atoms with Crippen molar-refractivity contribution in [2.24, 2.45) is 5.73 Å². The summed E-state index contributed by atoms with van der Waals surface area (Å²) >= 11 is 4.80. The van der Waals surface area contributed by atoms with E-state index in [1.54, 1.807) is 17.2 Å². The van der Waals surface area contributed by atoms with Gasteiger partial charge in [0.15, 0.2) is 0 Å². The second-order valence-corrected chi connectivity index (χ2v) is 4.14. The second-order valence-electron chi connectivity index (χ2n) is 3.73. The van der Waals surface area contributed by atoms with Gasteiger partial charge < -0.3 is 28.6 Å². The van der Waals surface area contributed by atoms with Crippen LogP contribution in [0.3, 0.4) is 0 Å². The molecule has 0 unspecified atom stereocenters. The highest BCUT2D eigenvalue weighted by molar-refractivity contribution is 7.63. The molecule has 4 N–H and O–H groups in total. The third-order valence-electron chi connectivity index (χ3n) is 2.73. The van der Waals surface area contributed by atoms with E-state index in [1.807, 2.05) is 0 Å². The molecular weight excluding hydrogens is 234 g/mol. The van der Waals surface area contributed by atoms with Gasteiger partial charge in [-0.05, 0) is 33.4 Å². The largest absolute Gasteiger partial charge is 0.762 e. The fourth-order valence-corrected chi connectivity index (χ4v) is 1.71. The van der Waals surface area contributed by atoms with Gasteiger partial charge in [-0.15, -0.1) is 5.03 Å². The van der Waals surface area contributed by atoms with Crippen molar-refractivity contribution in [3.05, 3.63) is 22.9 Å². The molecule has 0 aromatic rings. The third kappa shape index (κ3) is 6.28. The predicted molar refractivity (Wildman–Crippen MR) is 73.1 cm³/mol. The van der Waals surface area contributed by atoms with Crippen molar-refractivity contribution < 1.29 is 9.69 Å². The molecule has 1 aliphatic heterocycles. The lowest BCUT2D eigenvalue weighted by Crippen LogP contribution is -3.11. The second kappa shape index (κ2) is 9.01. The van der Waals surface area contributed by atoms with E-state index in [4.69, 9.17) is 18.4 Å². The van der Waals surface area contributed by atoms with Crippen LogP contribution in [-0.2, 0) is 17.4 Å². The zero-order chi connectivity index (χ0) is 13.3. The topological polar surface area (TPSA) is 59.6 Å². The van der Waals surface area contributed by atoms with E-state index in [2.05, 4.69) is 26.1 Å². The molecule has 1 rings (SSSR count). The number of rotatable bonds is 4. The predicted octanol–water partition coefficient (Wildman–Crippen LogP) is -0.332. The minimum atomic E-state index is -0.443. The molecule has 0 aromatic heterocycles. The van der Waals surface area contributed by atoms with Gasteiger partial charge in [0.25, 0.3) is 0 Å². The number of hydrogen-bond acceptors (Lipinski definition) is 3. The maximum atomic E-state index is 10.6.